The lowest BCUT2D eigenvalue weighted by Gasteiger charge is -2.27. The number of rotatable bonds is 7. The molecule has 0 spiro atoms. The quantitative estimate of drug-likeness (QED) is 0.676. The van der Waals surface area contributed by atoms with Gasteiger partial charge in [0, 0.05) is 18.2 Å². The summed E-state index contributed by atoms with van der Waals surface area (Å²) in [7, 11) is 2.46. The van der Waals surface area contributed by atoms with Crippen molar-refractivity contribution in [1.82, 2.24) is 5.32 Å². The fraction of sp³-hybridized carbons (Fsp3) is 0.524. The molecule has 0 radical (unpaired) electrons. The molecule has 0 saturated heterocycles. The molecule has 29 heavy (non-hydrogen) atoms. The summed E-state index contributed by atoms with van der Waals surface area (Å²) >= 11 is 0. The van der Waals surface area contributed by atoms with Gasteiger partial charge in [0.1, 0.15) is 0 Å². The van der Waals surface area contributed by atoms with Crippen LogP contribution in [0.4, 0.5) is 5.69 Å². The zero-order valence-corrected chi connectivity index (χ0v) is 17.3. The SMILES string of the molecule is COC(=O)c1cc(NC(=O)C2(CC(=O)NC(C)C)CCCC2)cc(C(=O)OC)c1. The average Bonchev–Trinajstić information content (AvgIpc) is 3.15. The second-order valence-corrected chi connectivity index (χ2v) is 7.62. The first-order valence-corrected chi connectivity index (χ1v) is 9.63. The van der Waals surface area contributed by atoms with Gasteiger partial charge in [0.25, 0.3) is 0 Å². The van der Waals surface area contributed by atoms with Crippen LogP contribution in [0.15, 0.2) is 18.2 Å². The maximum absolute atomic E-state index is 13.1. The normalized spacial score (nSPS) is 14.9. The number of nitrogens with one attached hydrogen (secondary N) is 2. The van der Waals surface area contributed by atoms with E-state index in [9.17, 15) is 19.2 Å². The number of hydrogen-bond donors (Lipinski definition) is 2. The van der Waals surface area contributed by atoms with Gasteiger partial charge < -0.3 is 20.1 Å². The van der Waals surface area contributed by atoms with Gasteiger partial charge in [0.2, 0.25) is 11.8 Å². The molecule has 1 aromatic rings. The molecule has 1 aliphatic rings. The molecule has 0 heterocycles. The summed E-state index contributed by atoms with van der Waals surface area (Å²) in [5.74, 6) is -1.75. The lowest BCUT2D eigenvalue weighted by atomic mass is 9.81. The molecule has 2 amide bonds. The Balaban J connectivity index is 2.30. The van der Waals surface area contributed by atoms with Crippen LogP contribution in [0.2, 0.25) is 0 Å². The number of methoxy groups -OCH3 is 2. The first-order valence-electron chi connectivity index (χ1n) is 9.63. The van der Waals surface area contributed by atoms with Crippen LogP contribution < -0.4 is 10.6 Å². The lowest BCUT2D eigenvalue weighted by molar-refractivity contribution is -0.132. The first-order chi connectivity index (χ1) is 13.7. The second kappa shape index (κ2) is 9.54. The minimum atomic E-state index is -0.814. The minimum Gasteiger partial charge on any atom is -0.465 e. The van der Waals surface area contributed by atoms with Crippen molar-refractivity contribution in [2.24, 2.45) is 5.41 Å². The van der Waals surface area contributed by atoms with E-state index in [1.165, 1.54) is 32.4 Å². The molecular formula is C21H28N2O6. The minimum absolute atomic E-state index is 0.0108. The van der Waals surface area contributed by atoms with Crippen molar-refractivity contribution in [2.75, 3.05) is 19.5 Å². The Kier molecular flexibility index (Phi) is 7.36. The molecule has 1 saturated carbocycles. The molecule has 1 aromatic carbocycles. The predicted molar refractivity (Wildman–Crippen MR) is 107 cm³/mol. The third-order valence-corrected chi connectivity index (χ3v) is 5.02. The monoisotopic (exact) mass is 404 g/mol. The molecule has 8 heteroatoms. The Morgan fingerprint density at radius 3 is 1.93 bits per heavy atom. The zero-order valence-electron chi connectivity index (χ0n) is 17.3. The van der Waals surface area contributed by atoms with Crippen LogP contribution in [0, 0.1) is 5.41 Å². The number of hydrogen-bond acceptors (Lipinski definition) is 6. The summed E-state index contributed by atoms with van der Waals surface area (Å²) in [5.41, 5.74) is -0.313. The molecule has 2 rings (SSSR count). The van der Waals surface area contributed by atoms with Crippen LogP contribution in [0.5, 0.6) is 0 Å². The molecule has 0 unspecified atom stereocenters. The number of anilines is 1. The Hall–Kier alpha value is -2.90. The number of carbonyl (C=O) groups is 4. The van der Waals surface area contributed by atoms with Gasteiger partial charge in [-0.05, 0) is 44.9 Å². The van der Waals surface area contributed by atoms with Crippen molar-refractivity contribution in [3.63, 3.8) is 0 Å². The van der Waals surface area contributed by atoms with E-state index < -0.39 is 17.4 Å². The summed E-state index contributed by atoms with van der Waals surface area (Å²) in [5, 5.41) is 5.62. The van der Waals surface area contributed by atoms with Crippen molar-refractivity contribution >= 4 is 29.4 Å². The number of amides is 2. The van der Waals surface area contributed by atoms with E-state index in [-0.39, 0.29) is 41.1 Å². The smallest absolute Gasteiger partial charge is 0.337 e. The van der Waals surface area contributed by atoms with Crippen molar-refractivity contribution in [3.8, 4) is 0 Å². The van der Waals surface area contributed by atoms with Gasteiger partial charge in [0.15, 0.2) is 0 Å². The molecule has 2 N–H and O–H groups in total. The average molecular weight is 404 g/mol. The number of ether oxygens (including phenoxy) is 2. The van der Waals surface area contributed by atoms with Gasteiger partial charge in [-0.1, -0.05) is 12.8 Å². The molecular weight excluding hydrogens is 376 g/mol. The highest BCUT2D eigenvalue weighted by Gasteiger charge is 2.43. The Morgan fingerprint density at radius 1 is 0.966 bits per heavy atom. The Bertz CT molecular complexity index is 762. The summed E-state index contributed by atoms with van der Waals surface area (Å²) in [4.78, 5) is 49.3. The van der Waals surface area contributed by atoms with Crippen molar-refractivity contribution < 1.29 is 28.7 Å². The lowest BCUT2D eigenvalue weighted by Crippen LogP contribution is -2.40. The van der Waals surface area contributed by atoms with Crippen molar-refractivity contribution in [3.05, 3.63) is 29.3 Å². The maximum Gasteiger partial charge on any atom is 0.337 e. The van der Waals surface area contributed by atoms with E-state index in [1.54, 1.807) is 0 Å². The highest BCUT2D eigenvalue weighted by atomic mass is 16.5. The third-order valence-electron chi connectivity index (χ3n) is 5.02. The standard InChI is InChI=1S/C21H28N2O6/c1-13(2)22-17(24)12-21(7-5-6-8-21)20(27)23-16-10-14(18(25)28-3)9-15(11-16)19(26)29-4/h9-11,13H,5-8,12H2,1-4H3,(H,22,24)(H,23,27). The summed E-state index contributed by atoms with van der Waals surface area (Å²) < 4.78 is 9.43. The first kappa shape index (κ1) is 22.4. The van der Waals surface area contributed by atoms with Crippen LogP contribution in [0.25, 0.3) is 0 Å². The third kappa shape index (κ3) is 5.56. The maximum atomic E-state index is 13.1. The van der Waals surface area contributed by atoms with Gasteiger partial charge in [-0.25, -0.2) is 9.59 Å². The molecule has 0 aromatic heterocycles. The predicted octanol–water partition coefficient (Wildman–Crippen LogP) is 2.67. The van der Waals surface area contributed by atoms with Gasteiger partial charge in [-0.3, -0.25) is 9.59 Å². The molecule has 1 aliphatic carbocycles. The van der Waals surface area contributed by atoms with Gasteiger partial charge in [-0.15, -0.1) is 0 Å². The van der Waals surface area contributed by atoms with Crippen molar-refractivity contribution in [1.29, 1.82) is 0 Å². The molecule has 1 fully saturated rings. The molecule has 8 nitrogen and oxygen atoms in total. The largest absolute Gasteiger partial charge is 0.465 e. The van der Waals surface area contributed by atoms with E-state index in [4.69, 9.17) is 9.47 Å². The van der Waals surface area contributed by atoms with E-state index in [2.05, 4.69) is 10.6 Å². The summed E-state index contributed by atoms with van der Waals surface area (Å²) in [6, 6.07) is 4.21. The fourth-order valence-electron chi connectivity index (χ4n) is 3.65. The Labute approximate surface area is 170 Å². The number of benzene rings is 1. The highest BCUT2D eigenvalue weighted by Crippen LogP contribution is 2.42. The van der Waals surface area contributed by atoms with Crippen LogP contribution in [-0.4, -0.2) is 44.0 Å². The van der Waals surface area contributed by atoms with E-state index >= 15 is 0 Å². The molecule has 0 aliphatic heterocycles. The van der Waals surface area contributed by atoms with Gasteiger partial charge >= 0.3 is 11.9 Å². The van der Waals surface area contributed by atoms with Gasteiger partial charge in [0.05, 0.1) is 30.8 Å². The molecule has 158 valence electrons. The van der Waals surface area contributed by atoms with Crippen LogP contribution in [-0.2, 0) is 19.1 Å². The van der Waals surface area contributed by atoms with Crippen molar-refractivity contribution in [2.45, 2.75) is 52.0 Å². The Morgan fingerprint density at radius 2 is 1.48 bits per heavy atom. The van der Waals surface area contributed by atoms with Crippen LogP contribution in [0.1, 0.15) is 66.7 Å². The molecule has 0 bridgehead atoms. The van der Waals surface area contributed by atoms with Gasteiger partial charge in [-0.2, -0.15) is 0 Å². The summed E-state index contributed by atoms with van der Waals surface area (Å²) in [6.07, 6.45) is 3.02. The summed E-state index contributed by atoms with van der Waals surface area (Å²) in [6.45, 7) is 3.73. The fourth-order valence-corrected chi connectivity index (χ4v) is 3.65. The van der Waals surface area contributed by atoms with E-state index in [1.807, 2.05) is 13.8 Å². The zero-order chi connectivity index (χ0) is 21.6. The topological polar surface area (TPSA) is 111 Å². The van der Waals surface area contributed by atoms with Crippen LogP contribution >= 0.6 is 0 Å². The van der Waals surface area contributed by atoms with Crippen LogP contribution in [0.3, 0.4) is 0 Å². The molecule has 0 atom stereocenters. The van der Waals surface area contributed by atoms with E-state index in [0.29, 0.717) is 12.8 Å². The number of esters is 2. The van der Waals surface area contributed by atoms with E-state index in [0.717, 1.165) is 12.8 Å². The highest BCUT2D eigenvalue weighted by molar-refractivity contribution is 6.02. The second-order valence-electron chi connectivity index (χ2n) is 7.62. The number of carbonyl (C=O) groups excluding carboxylic acids is 4.